The van der Waals surface area contributed by atoms with Crippen LogP contribution in [0.5, 0.6) is 5.75 Å². The first-order valence-electron chi connectivity index (χ1n) is 13.6. The highest BCUT2D eigenvalue weighted by Gasteiger charge is 2.10. The summed E-state index contributed by atoms with van der Waals surface area (Å²) in [5, 5.41) is 13.6. The average Bonchev–Trinajstić information content (AvgIpc) is 3.63. The Morgan fingerprint density at radius 2 is 1.88 bits per heavy atom. The first-order valence-corrected chi connectivity index (χ1v) is 13.6. The zero-order valence-corrected chi connectivity index (χ0v) is 22.8. The standard InChI is InChI=1S/C20H24N4O2.C11H10N2O2/c21-19-14-23-20-18(19)12-16(13-22-20)15-3-1-4-17(11-15)26-8-2-5-24-6-9-25-10-7-24;14-11(15)10-6-12-13(8-10)7-9-4-2-1-3-5-9/h1,3-4,11-14H,2,5-10,21H2,(H,22,23);1-6,8H,7H2,(H,14,15). The zero-order chi connectivity index (χ0) is 28.4. The van der Waals surface area contributed by atoms with E-state index in [4.69, 9.17) is 20.3 Å². The lowest BCUT2D eigenvalue weighted by atomic mass is 10.1. The molecule has 6 rings (SSSR count). The highest BCUT2D eigenvalue weighted by molar-refractivity contribution is 5.91. The molecule has 0 saturated carbocycles. The molecule has 2 aromatic carbocycles. The van der Waals surface area contributed by atoms with Crippen molar-refractivity contribution in [2.75, 3.05) is 45.2 Å². The number of nitrogen functional groups attached to an aromatic ring is 1. The maximum absolute atomic E-state index is 10.6. The molecule has 0 aliphatic carbocycles. The predicted octanol–water partition coefficient (Wildman–Crippen LogP) is 4.54. The molecule has 1 aliphatic rings. The lowest BCUT2D eigenvalue weighted by molar-refractivity contribution is 0.0358. The van der Waals surface area contributed by atoms with E-state index in [1.165, 1.54) is 12.4 Å². The summed E-state index contributed by atoms with van der Waals surface area (Å²) in [6.07, 6.45) is 7.52. The SMILES string of the molecule is Nc1c[nH]c2ncc(-c3cccc(OCCCN4CCOCC4)c3)cc12.O=C(O)c1cnn(Cc2ccccc2)c1. The maximum Gasteiger partial charge on any atom is 0.338 e. The molecule has 212 valence electrons. The number of carboxylic acid groups (broad SMARTS) is 1. The van der Waals surface area contributed by atoms with Crippen LogP contribution in [0.3, 0.4) is 0 Å². The molecule has 41 heavy (non-hydrogen) atoms. The van der Waals surface area contributed by atoms with Crippen LogP contribution in [0.4, 0.5) is 5.69 Å². The molecule has 4 N–H and O–H groups in total. The number of carboxylic acids is 1. The number of anilines is 1. The fraction of sp³-hybridized carbons (Fsp3) is 0.258. The van der Waals surface area contributed by atoms with Crippen LogP contribution in [-0.2, 0) is 11.3 Å². The van der Waals surface area contributed by atoms with E-state index in [1.54, 1.807) is 10.9 Å². The number of aromatic amines is 1. The van der Waals surface area contributed by atoms with Crippen molar-refractivity contribution in [3.63, 3.8) is 0 Å². The van der Waals surface area contributed by atoms with Gasteiger partial charge in [0.05, 0.1) is 43.8 Å². The van der Waals surface area contributed by atoms with Gasteiger partial charge < -0.3 is 25.3 Å². The maximum atomic E-state index is 10.6. The van der Waals surface area contributed by atoms with Gasteiger partial charge in [0.1, 0.15) is 11.4 Å². The second-order valence-electron chi connectivity index (χ2n) is 9.77. The number of nitrogens with zero attached hydrogens (tertiary/aromatic N) is 4. The average molecular weight is 555 g/mol. The third kappa shape index (κ3) is 7.71. The van der Waals surface area contributed by atoms with Gasteiger partial charge in [-0.15, -0.1) is 0 Å². The van der Waals surface area contributed by atoms with E-state index in [2.05, 4.69) is 38.2 Å². The van der Waals surface area contributed by atoms with Gasteiger partial charge in [-0.3, -0.25) is 9.58 Å². The molecule has 0 radical (unpaired) electrons. The molecular weight excluding hydrogens is 520 g/mol. The highest BCUT2D eigenvalue weighted by Crippen LogP contribution is 2.28. The van der Waals surface area contributed by atoms with Crippen molar-refractivity contribution in [3.05, 3.63) is 96.6 Å². The van der Waals surface area contributed by atoms with E-state index in [1.807, 2.05) is 48.7 Å². The Morgan fingerprint density at radius 3 is 2.66 bits per heavy atom. The Balaban J connectivity index is 0.000000191. The molecule has 0 bridgehead atoms. The summed E-state index contributed by atoms with van der Waals surface area (Å²) in [4.78, 5) is 20.5. The van der Waals surface area contributed by atoms with Crippen LogP contribution in [0.15, 0.2) is 85.5 Å². The van der Waals surface area contributed by atoms with E-state index in [9.17, 15) is 4.79 Å². The monoisotopic (exact) mass is 554 g/mol. The molecule has 4 heterocycles. The van der Waals surface area contributed by atoms with Crippen LogP contribution in [-0.4, -0.2) is 75.2 Å². The Labute approximate surface area is 238 Å². The minimum Gasteiger partial charge on any atom is -0.494 e. The van der Waals surface area contributed by atoms with Crippen molar-refractivity contribution in [2.24, 2.45) is 0 Å². The van der Waals surface area contributed by atoms with Crippen LogP contribution < -0.4 is 10.5 Å². The van der Waals surface area contributed by atoms with Crippen molar-refractivity contribution < 1.29 is 19.4 Å². The Bertz CT molecular complexity index is 1560. The van der Waals surface area contributed by atoms with E-state index < -0.39 is 5.97 Å². The second kappa shape index (κ2) is 13.6. The quantitative estimate of drug-likeness (QED) is 0.226. The normalized spacial score (nSPS) is 13.5. The number of nitrogens with one attached hydrogen (secondary N) is 1. The number of carbonyl (C=O) groups is 1. The van der Waals surface area contributed by atoms with E-state index in [-0.39, 0.29) is 5.56 Å². The number of rotatable bonds is 9. The number of nitrogens with two attached hydrogens (primary N) is 1. The number of benzene rings is 2. The minimum absolute atomic E-state index is 0.214. The first-order chi connectivity index (χ1) is 20.0. The third-order valence-electron chi connectivity index (χ3n) is 6.79. The highest BCUT2D eigenvalue weighted by atomic mass is 16.5. The molecule has 10 heteroatoms. The zero-order valence-electron chi connectivity index (χ0n) is 22.8. The van der Waals surface area contributed by atoms with Crippen LogP contribution in [0, 0.1) is 0 Å². The predicted molar refractivity (Wildman–Crippen MR) is 158 cm³/mol. The van der Waals surface area contributed by atoms with Crippen LogP contribution in [0.2, 0.25) is 0 Å². The van der Waals surface area contributed by atoms with Gasteiger partial charge in [-0.05, 0) is 35.7 Å². The molecule has 3 aromatic heterocycles. The van der Waals surface area contributed by atoms with Gasteiger partial charge in [-0.25, -0.2) is 9.78 Å². The van der Waals surface area contributed by atoms with Crippen molar-refractivity contribution in [1.29, 1.82) is 0 Å². The molecule has 0 amide bonds. The summed E-state index contributed by atoms with van der Waals surface area (Å²) in [5.74, 6) is -0.0686. The number of ether oxygens (including phenoxy) is 2. The second-order valence-corrected chi connectivity index (χ2v) is 9.77. The smallest absolute Gasteiger partial charge is 0.338 e. The van der Waals surface area contributed by atoms with Gasteiger partial charge in [-0.2, -0.15) is 5.10 Å². The van der Waals surface area contributed by atoms with Gasteiger partial charge in [0.2, 0.25) is 0 Å². The number of aromatic nitrogens is 4. The number of fused-ring (bicyclic) bond motifs is 1. The molecular formula is C31H34N6O4. The Kier molecular flexibility index (Phi) is 9.25. The number of morpholine rings is 1. The number of hydrogen-bond acceptors (Lipinski definition) is 7. The third-order valence-corrected chi connectivity index (χ3v) is 6.79. The molecule has 0 atom stereocenters. The van der Waals surface area contributed by atoms with Gasteiger partial charge in [0.15, 0.2) is 0 Å². The fourth-order valence-electron chi connectivity index (χ4n) is 4.58. The molecule has 10 nitrogen and oxygen atoms in total. The number of pyridine rings is 1. The van der Waals surface area contributed by atoms with E-state index in [0.29, 0.717) is 18.8 Å². The molecule has 0 unspecified atom stereocenters. The largest absolute Gasteiger partial charge is 0.494 e. The lowest BCUT2D eigenvalue weighted by Gasteiger charge is -2.26. The van der Waals surface area contributed by atoms with Crippen molar-refractivity contribution in [1.82, 2.24) is 24.6 Å². The first kappa shape index (κ1) is 27.9. The summed E-state index contributed by atoms with van der Waals surface area (Å²) in [6.45, 7) is 6.08. The number of aromatic carboxylic acids is 1. The molecule has 1 fully saturated rings. The molecule has 1 aliphatic heterocycles. The van der Waals surface area contributed by atoms with Crippen LogP contribution in [0.25, 0.3) is 22.2 Å². The van der Waals surface area contributed by atoms with Gasteiger partial charge in [0.25, 0.3) is 0 Å². The number of hydrogen-bond donors (Lipinski definition) is 3. The van der Waals surface area contributed by atoms with Crippen molar-refractivity contribution >= 4 is 22.7 Å². The van der Waals surface area contributed by atoms with Crippen LogP contribution >= 0.6 is 0 Å². The number of H-pyrrole nitrogens is 1. The van der Waals surface area contributed by atoms with Crippen molar-refractivity contribution in [3.8, 4) is 16.9 Å². The van der Waals surface area contributed by atoms with Gasteiger partial charge >= 0.3 is 5.97 Å². The van der Waals surface area contributed by atoms with Crippen LogP contribution in [0.1, 0.15) is 22.3 Å². The van der Waals surface area contributed by atoms with E-state index >= 15 is 0 Å². The van der Waals surface area contributed by atoms with Gasteiger partial charge in [-0.1, -0.05) is 42.5 Å². The summed E-state index contributed by atoms with van der Waals surface area (Å²) >= 11 is 0. The summed E-state index contributed by atoms with van der Waals surface area (Å²) in [6, 6.07) is 20.0. The fourth-order valence-corrected chi connectivity index (χ4v) is 4.58. The van der Waals surface area contributed by atoms with Crippen molar-refractivity contribution in [2.45, 2.75) is 13.0 Å². The summed E-state index contributed by atoms with van der Waals surface area (Å²) in [5.41, 5.74) is 10.9. The summed E-state index contributed by atoms with van der Waals surface area (Å²) < 4.78 is 12.9. The molecule has 0 spiro atoms. The molecule has 1 saturated heterocycles. The Hall–Kier alpha value is -4.67. The topological polar surface area (TPSA) is 132 Å². The van der Waals surface area contributed by atoms with Gasteiger partial charge in [0, 0.05) is 49.2 Å². The Morgan fingerprint density at radius 1 is 1.05 bits per heavy atom. The lowest BCUT2D eigenvalue weighted by Crippen LogP contribution is -2.37. The summed E-state index contributed by atoms with van der Waals surface area (Å²) in [7, 11) is 0. The molecule has 5 aromatic rings. The minimum atomic E-state index is -0.950. The van der Waals surface area contributed by atoms with E-state index in [0.717, 1.165) is 72.7 Å².